The lowest BCUT2D eigenvalue weighted by Crippen LogP contribution is -1.96. The minimum atomic E-state index is 0.530. The summed E-state index contributed by atoms with van der Waals surface area (Å²) in [4.78, 5) is 0. The van der Waals surface area contributed by atoms with Gasteiger partial charge in [0.05, 0.1) is 17.1 Å². The normalized spacial score (nSPS) is 10.3. The van der Waals surface area contributed by atoms with Gasteiger partial charge in [-0.1, -0.05) is 60.7 Å². The standard InChI is InChI=1S/C18H15N3/c1-21-17(13-8-4-2-5-9-13)15(12-19)16(20)18(21)14-10-6-3-7-11-14/h2-11H,20H2,1H3. The van der Waals surface area contributed by atoms with Crippen LogP contribution in [0.25, 0.3) is 22.5 Å². The minimum Gasteiger partial charge on any atom is -0.396 e. The van der Waals surface area contributed by atoms with Gasteiger partial charge in [-0.15, -0.1) is 0 Å². The van der Waals surface area contributed by atoms with E-state index in [-0.39, 0.29) is 0 Å². The van der Waals surface area contributed by atoms with Crippen LogP contribution in [0.1, 0.15) is 5.56 Å². The predicted octanol–water partition coefficient (Wildman–Crippen LogP) is 3.81. The molecule has 0 saturated heterocycles. The fourth-order valence-electron chi connectivity index (χ4n) is 2.70. The first-order valence-corrected chi connectivity index (χ1v) is 6.73. The molecule has 0 aliphatic heterocycles. The van der Waals surface area contributed by atoms with Crippen LogP contribution in [0.5, 0.6) is 0 Å². The highest BCUT2D eigenvalue weighted by molar-refractivity contribution is 5.87. The van der Waals surface area contributed by atoms with Gasteiger partial charge in [-0.2, -0.15) is 5.26 Å². The third-order valence-electron chi connectivity index (χ3n) is 3.64. The highest BCUT2D eigenvalue weighted by atomic mass is 15.0. The maximum atomic E-state index is 9.50. The molecule has 21 heavy (non-hydrogen) atoms. The summed E-state index contributed by atoms with van der Waals surface area (Å²) in [7, 11) is 1.95. The zero-order valence-corrected chi connectivity index (χ0v) is 11.7. The SMILES string of the molecule is Cn1c(-c2ccccc2)c(N)c(C#N)c1-c1ccccc1. The van der Waals surface area contributed by atoms with E-state index >= 15 is 0 Å². The summed E-state index contributed by atoms with van der Waals surface area (Å²) in [5.41, 5.74) is 11.0. The Balaban J connectivity index is 2.31. The second-order valence-electron chi connectivity index (χ2n) is 4.89. The highest BCUT2D eigenvalue weighted by Gasteiger charge is 2.20. The van der Waals surface area contributed by atoms with Crippen LogP contribution < -0.4 is 5.73 Å². The average Bonchev–Trinajstić information content (AvgIpc) is 2.79. The Kier molecular flexibility index (Phi) is 3.21. The van der Waals surface area contributed by atoms with E-state index in [0.717, 1.165) is 22.5 Å². The van der Waals surface area contributed by atoms with Crippen molar-refractivity contribution in [1.82, 2.24) is 4.57 Å². The fourth-order valence-corrected chi connectivity index (χ4v) is 2.70. The van der Waals surface area contributed by atoms with Crippen LogP contribution in [0.4, 0.5) is 5.69 Å². The van der Waals surface area contributed by atoms with Gasteiger partial charge >= 0.3 is 0 Å². The molecule has 0 radical (unpaired) electrons. The number of rotatable bonds is 2. The van der Waals surface area contributed by atoms with E-state index in [0.29, 0.717) is 11.3 Å². The molecule has 102 valence electrons. The van der Waals surface area contributed by atoms with E-state index in [1.807, 2.05) is 72.3 Å². The van der Waals surface area contributed by atoms with Gasteiger partial charge in [0.15, 0.2) is 0 Å². The maximum Gasteiger partial charge on any atom is 0.104 e. The number of nitrogen functional groups attached to an aromatic ring is 1. The van der Waals surface area contributed by atoms with Crippen LogP contribution in [0, 0.1) is 11.3 Å². The number of nitrogens with two attached hydrogens (primary N) is 1. The Morgan fingerprint density at radius 1 is 0.857 bits per heavy atom. The third kappa shape index (κ3) is 2.07. The molecule has 0 atom stereocenters. The lowest BCUT2D eigenvalue weighted by atomic mass is 10.1. The monoisotopic (exact) mass is 273 g/mol. The fraction of sp³-hybridized carbons (Fsp3) is 0.0556. The topological polar surface area (TPSA) is 54.7 Å². The zero-order valence-electron chi connectivity index (χ0n) is 11.7. The molecule has 0 bridgehead atoms. The van der Waals surface area contributed by atoms with Crippen molar-refractivity contribution in [2.45, 2.75) is 0 Å². The quantitative estimate of drug-likeness (QED) is 0.771. The Morgan fingerprint density at radius 2 is 1.33 bits per heavy atom. The maximum absolute atomic E-state index is 9.50. The number of hydrogen-bond acceptors (Lipinski definition) is 2. The summed E-state index contributed by atoms with van der Waals surface area (Å²) in [6, 6.07) is 22.0. The summed E-state index contributed by atoms with van der Waals surface area (Å²) in [5, 5.41) is 9.50. The van der Waals surface area contributed by atoms with E-state index in [9.17, 15) is 5.26 Å². The summed E-state index contributed by atoms with van der Waals surface area (Å²) in [6.07, 6.45) is 0. The van der Waals surface area contributed by atoms with Crippen molar-refractivity contribution < 1.29 is 0 Å². The molecule has 0 amide bonds. The Hall–Kier alpha value is -2.99. The Labute approximate surface area is 123 Å². The van der Waals surface area contributed by atoms with Crippen molar-refractivity contribution in [1.29, 1.82) is 5.26 Å². The van der Waals surface area contributed by atoms with Crippen LogP contribution in [0.2, 0.25) is 0 Å². The van der Waals surface area contributed by atoms with Crippen molar-refractivity contribution >= 4 is 5.69 Å². The van der Waals surface area contributed by atoms with Gasteiger partial charge in [0.25, 0.3) is 0 Å². The van der Waals surface area contributed by atoms with E-state index in [1.165, 1.54) is 0 Å². The van der Waals surface area contributed by atoms with Gasteiger partial charge in [-0.25, -0.2) is 0 Å². The molecule has 3 aromatic rings. The molecule has 0 aliphatic carbocycles. The Bertz CT molecular complexity index is 809. The van der Waals surface area contributed by atoms with Crippen LogP contribution in [-0.4, -0.2) is 4.57 Å². The highest BCUT2D eigenvalue weighted by Crippen LogP contribution is 2.37. The summed E-state index contributed by atoms with van der Waals surface area (Å²) in [5.74, 6) is 0. The first kappa shape index (κ1) is 13.0. The Morgan fingerprint density at radius 3 is 1.81 bits per heavy atom. The average molecular weight is 273 g/mol. The molecule has 0 aliphatic rings. The van der Waals surface area contributed by atoms with Gasteiger partial charge in [0.2, 0.25) is 0 Å². The number of benzene rings is 2. The summed E-state index contributed by atoms with van der Waals surface area (Å²) in [6.45, 7) is 0. The molecular formula is C18H15N3. The molecule has 1 aromatic heterocycles. The first-order valence-electron chi connectivity index (χ1n) is 6.73. The third-order valence-corrected chi connectivity index (χ3v) is 3.64. The molecule has 3 nitrogen and oxygen atoms in total. The van der Waals surface area contributed by atoms with Crippen LogP contribution >= 0.6 is 0 Å². The second kappa shape index (κ2) is 5.18. The van der Waals surface area contributed by atoms with Crippen molar-refractivity contribution in [3.05, 3.63) is 66.2 Å². The molecule has 0 saturated carbocycles. The van der Waals surface area contributed by atoms with E-state index in [4.69, 9.17) is 5.73 Å². The number of aromatic nitrogens is 1. The van der Waals surface area contributed by atoms with Crippen LogP contribution in [0.3, 0.4) is 0 Å². The minimum absolute atomic E-state index is 0.530. The lowest BCUT2D eigenvalue weighted by molar-refractivity contribution is 0.945. The van der Waals surface area contributed by atoms with Crippen molar-refractivity contribution in [3.63, 3.8) is 0 Å². The summed E-state index contributed by atoms with van der Waals surface area (Å²) < 4.78 is 2.00. The molecular weight excluding hydrogens is 258 g/mol. The molecule has 0 spiro atoms. The van der Waals surface area contributed by atoms with Gasteiger partial charge in [0, 0.05) is 12.6 Å². The second-order valence-corrected chi connectivity index (χ2v) is 4.89. The molecule has 2 N–H and O–H groups in total. The number of hydrogen-bond donors (Lipinski definition) is 1. The van der Waals surface area contributed by atoms with Crippen LogP contribution in [-0.2, 0) is 7.05 Å². The number of anilines is 1. The van der Waals surface area contributed by atoms with Gasteiger partial charge in [0.1, 0.15) is 11.6 Å². The molecule has 0 fully saturated rings. The van der Waals surface area contributed by atoms with Gasteiger partial charge < -0.3 is 10.3 Å². The van der Waals surface area contributed by atoms with Crippen molar-refractivity contribution in [3.8, 4) is 28.6 Å². The lowest BCUT2D eigenvalue weighted by Gasteiger charge is -2.08. The molecule has 1 heterocycles. The smallest absolute Gasteiger partial charge is 0.104 e. The van der Waals surface area contributed by atoms with Gasteiger partial charge in [-0.3, -0.25) is 0 Å². The number of nitrogens with zero attached hydrogens (tertiary/aromatic N) is 2. The molecule has 2 aromatic carbocycles. The molecule has 0 unspecified atom stereocenters. The predicted molar refractivity (Wildman–Crippen MR) is 85.4 cm³/mol. The van der Waals surface area contributed by atoms with Gasteiger partial charge in [-0.05, 0) is 5.56 Å². The largest absolute Gasteiger partial charge is 0.396 e. The molecule has 3 rings (SSSR count). The van der Waals surface area contributed by atoms with Crippen molar-refractivity contribution in [2.24, 2.45) is 7.05 Å². The summed E-state index contributed by atoms with van der Waals surface area (Å²) >= 11 is 0. The first-order chi connectivity index (χ1) is 10.2. The van der Waals surface area contributed by atoms with Crippen LogP contribution in [0.15, 0.2) is 60.7 Å². The van der Waals surface area contributed by atoms with E-state index in [1.54, 1.807) is 0 Å². The number of nitriles is 1. The van der Waals surface area contributed by atoms with E-state index in [2.05, 4.69) is 6.07 Å². The zero-order chi connectivity index (χ0) is 14.8. The van der Waals surface area contributed by atoms with E-state index < -0.39 is 0 Å². The van der Waals surface area contributed by atoms with Crippen molar-refractivity contribution in [2.75, 3.05) is 5.73 Å². The molecule has 3 heteroatoms.